The molecule has 206 valence electrons. The maximum atomic E-state index is 10.0. The first-order valence-corrected chi connectivity index (χ1v) is 12.8. The zero-order valence-electron chi connectivity index (χ0n) is 52.0. The number of benzene rings is 8. The predicted molar refractivity (Wildman–Crippen MR) is 189 cm³/mol. The molecule has 0 unspecified atom stereocenters. The van der Waals surface area contributed by atoms with Crippen LogP contribution in [0.3, 0.4) is 0 Å². The largest absolute Gasteiger partial charge is 0.0636 e. The minimum Gasteiger partial charge on any atom is -0.0622 e. The molecule has 0 N–H and O–H groups in total. The monoisotopic (exact) mass is 588 g/mol. The van der Waals surface area contributed by atoms with E-state index in [9.17, 15) is 11.0 Å². The molecule has 8 rings (SSSR count). The molecular formula is C44H30. The highest BCUT2D eigenvalue weighted by Crippen LogP contribution is 2.46. The summed E-state index contributed by atoms with van der Waals surface area (Å²) >= 11 is 0. The van der Waals surface area contributed by atoms with E-state index in [1.807, 2.05) is 0 Å². The van der Waals surface area contributed by atoms with Crippen molar-refractivity contribution in [3.05, 3.63) is 181 Å². The number of hydrogen-bond acceptors (Lipinski definition) is 0. The molecule has 0 nitrogen and oxygen atoms in total. The minimum absolute atomic E-state index is 0.839. The van der Waals surface area contributed by atoms with E-state index in [1.165, 1.54) is 0 Å². The molecule has 8 aromatic rings. The molecule has 0 saturated heterocycles. The van der Waals surface area contributed by atoms with E-state index in [4.69, 9.17) is 30.2 Å². The van der Waals surface area contributed by atoms with Gasteiger partial charge < -0.3 is 0 Å². The van der Waals surface area contributed by atoms with Gasteiger partial charge in [0.25, 0.3) is 0 Å². The Hall–Kier alpha value is -5.72. The van der Waals surface area contributed by atoms with Crippen LogP contribution in [0.15, 0.2) is 181 Å². The molecule has 0 bridgehead atoms. The van der Waals surface area contributed by atoms with Crippen LogP contribution >= 0.6 is 0 Å². The third kappa shape index (κ3) is 4.68. The summed E-state index contributed by atoms with van der Waals surface area (Å²) in [6, 6.07) is -32.1. The molecule has 0 heteroatoms. The van der Waals surface area contributed by atoms with E-state index in [0.29, 0.717) is 0 Å². The maximum Gasteiger partial charge on any atom is 0.0636 e. The fraction of sp³-hybridized carbons (Fsp3) is 0. The average Bonchev–Trinajstić information content (AvgIpc) is 3.36. The minimum atomic E-state index is -1.23. The molecule has 8 aromatic carbocycles. The first kappa shape index (κ1) is 9.39. The fourth-order valence-electron chi connectivity index (χ4n) is 4.69. The zero-order chi connectivity index (χ0) is 55.4. The van der Waals surface area contributed by atoms with E-state index in [-0.39, 0.29) is 0 Å². The Kier molecular flexibility index (Phi) is 2.38. The van der Waals surface area contributed by atoms with Gasteiger partial charge in [-0.25, -0.2) is 0 Å². The highest BCUT2D eigenvalue weighted by Gasteiger charge is 2.18. The van der Waals surface area contributed by atoms with Crippen molar-refractivity contribution in [3.63, 3.8) is 0 Å². The van der Waals surface area contributed by atoms with Crippen LogP contribution in [-0.4, -0.2) is 0 Å². The second-order valence-corrected chi connectivity index (χ2v) is 9.00. The molecule has 0 aliphatic rings. The fourth-order valence-corrected chi connectivity index (χ4v) is 4.69. The third-order valence-electron chi connectivity index (χ3n) is 6.50. The van der Waals surface area contributed by atoms with Crippen LogP contribution in [0.25, 0.3) is 77.2 Å². The molecule has 44 heavy (non-hydrogen) atoms. The van der Waals surface area contributed by atoms with E-state index in [2.05, 4.69) is 0 Å². The Bertz CT molecular complexity index is 3740. The maximum absolute atomic E-state index is 10.0. The van der Waals surface area contributed by atoms with Gasteiger partial charge >= 0.3 is 0 Å². The van der Waals surface area contributed by atoms with Crippen LogP contribution < -0.4 is 0 Å². The van der Waals surface area contributed by atoms with E-state index >= 15 is 0 Å². The second-order valence-electron chi connectivity index (χ2n) is 9.00. The van der Waals surface area contributed by atoms with Crippen LogP contribution in [0.2, 0.25) is 0 Å². The Balaban J connectivity index is 1.86. The molecule has 0 aliphatic carbocycles. The van der Waals surface area contributed by atoms with Crippen molar-refractivity contribution in [3.8, 4) is 55.6 Å². The van der Waals surface area contributed by atoms with Crippen molar-refractivity contribution in [1.82, 2.24) is 0 Å². The van der Waals surface area contributed by atoms with Crippen LogP contribution in [0.1, 0.15) is 41.1 Å². The molecule has 0 fully saturated rings. The SMILES string of the molecule is [2H]c1c([2H])c([2H])c(-c2c([2H])c(-c3c([2H])c([2H])c([2H])c([2H])c3[2H])c([2H])c(-c3c4c([2H])c([2H])c([2H])c([2H])c4c(-c4c([2H])c([2H])c([2H])c([2H])c4[2H])c4c([2H])c([2H])c(-c5c([2H])c([2H])c([2H])c([2H])c5[2H])c([2H])c34)c2[2H])c([2H])c1[2H]. The Morgan fingerprint density at radius 1 is 0.227 bits per heavy atom. The first-order chi connectivity index (χ1) is 34.3. The highest BCUT2D eigenvalue weighted by atomic mass is 14.2. The second kappa shape index (κ2) is 11.2. The smallest absolute Gasteiger partial charge is 0.0622 e. The summed E-state index contributed by atoms with van der Waals surface area (Å²) in [7, 11) is 0. The van der Waals surface area contributed by atoms with Gasteiger partial charge in [0, 0.05) is 0 Å². The van der Waals surface area contributed by atoms with Gasteiger partial charge in [-0.3, -0.25) is 0 Å². The van der Waals surface area contributed by atoms with Gasteiger partial charge in [0.1, 0.15) is 0 Å². The summed E-state index contributed by atoms with van der Waals surface area (Å²) in [6.45, 7) is 0. The van der Waals surface area contributed by atoms with Crippen molar-refractivity contribution in [1.29, 1.82) is 0 Å². The van der Waals surface area contributed by atoms with Gasteiger partial charge in [-0.15, -0.1) is 0 Å². The summed E-state index contributed by atoms with van der Waals surface area (Å²) in [5.41, 5.74) is -9.57. The van der Waals surface area contributed by atoms with Gasteiger partial charge in [-0.2, -0.15) is 0 Å². The van der Waals surface area contributed by atoms with Crippen molar-refractivity contribution >= 4 is 21.5 Å². The Morgan fingerprint density at radius 3 is 1.09 bits per heavy atom. The topological polar surface area (TPSA) is 0 Å². The van der Waals surface area contributed by atoms with E-state index in [0.717, 1.165) is 0 Å². The van der Waals surface area contributed by atoms with Crippen LogP contribution in [0.4, 0.5) is 0 Å². The third-order valence-corrected chi connectivity index (χ3v) is 6.50. The molecule has 0 atom stereocenters. The molecular weight excluding hydrogens is 528 g/mol. The molecule has 0 aromatic heterocycles. The lowest BCUT2D eigenvalue weighted by Gasteiger charge is -2.20. The van der Waals surface area contributed by atoms with Crippen molar-refractivity contribution in [2.45, 2.75) is 0 Å². The normalized spacial score (nSPS) is 20.7. The molecule has 0 heterocycles. The number of rotatable bonds is 5. The van der Waals surface area contributed by atoms with Crippen LogP contribution in [0.5, 0.6) is 0 Å². The molecule has 0 radical (unpaired) electrons. The Labute approximate surface area is 300 Å². The van der Waals surface area contributed by atoms with E-state index < -0.39 is 258 Å². The first-order valence-electron chi connectivity index (χ1n) is 27.8. The molecule has 0 aliphatic heterocycles. The molecule has 0 saturated carbocycles. The lowest BCUT2D eigenvalue weighted by Crippen LogP contribution is -1.93. The summed E-state index contributed by atoms with van der Waals surface area (Å²) in [4.78, 5) is 0. The number of hydrogen-bond donors (Lipinski definition) is 0. The summed E-state index contributed by atoms with van der Waals surface area (Å²) in [6.07, 6.45) is 0. The summed E-state index contributed by atoms with van der Waals surface area (Å²) in [5.74, 6) is 0. The van der Waals surface area contributed by atoms with Crippen molar-refractivity contribution < 1.29 is 41.1 Å². The Morgan fingerprint density at radius 2 is 0.591 bits per heavy atom. The molecule has 0 spiro atoms. The van der Waals surface area contributed by atoms with Gasteiger partial charge in [-0.05, 0) is 101 Å². The van der Waals surface area contributed by atoms with Crippen LogP contribution in [0, 0.1) is 0 Å². The van der Waals surface area contributed by atoms with Gasteiger partial charge in [0.05, 0.1) is 41.1 Å². The van der Waals surface area contributed by atoms with Gasteiger partial charge in [0.2, 0.25) is 0 Å². The van der Waals surface area contributed by atoms with Crippen molar-refractivity contribution in [2.75, 3.05) is 0 Å². The number of fused-ring (bicyclic) bond motifs is 2. The quantitative estimate of drug-likeness (QED) is 0.175. The summed E-state index contributed by atoms with van der Waals surface area (Å²) < 4.78 is 269. The predicted octanol–water partition coefficient (Wildman–Crippen LogP) is 12.3. The lowest BCUT2D eigenvalue weighted by atomic mass is 9.83. The average molecular weight is 589 g/mol. The highest BCUT2D eigenvalue weighted by molar-refractivity contribution is 6.22. The van der Waals surface area contributed by atoms with Crippen LogP contribution in [-0.2, 0) is 0 Å². The van der Waals surface area contributed by atoms with E-state index in [1.54, 1.807) is 0 Å². The lowest BCUT2D eigenvalue weighted by molar-refractivity contribution is 1.58. The zero-order valence-corrected chi connectivity index (χ0v) is 22.0. The summed E-state index contributed by atoms with van der Waals surface area (Å²) in [5, 5.41) is -3.63. The standard InChI is InChI=1S/C44H30/c1-5-15-31(16-6-1)35-25-26-41-42(30-35)44(40-24-14-13-23-39(40)43(41)34-21-11-4-12-22-34)38-28-36(32-17-7-2-8-18-32)27-37(29-38)33-19-9-3-10-20-33/h1-30H/i1D,2D,3D,4D,5D,6D,7D,8D,9D,10D,11D,12D,13D,14D,15D,16D,17D,18D,19D,20D,21D,22D,23D,24D,25D,26D,27D,28D,29D,30D. The van der Waals surface area contributed by atoms with Gasteiger partial charge in [-0.1, -0.05) is 157 Å². The van der Waals surface area contributed by atoms with Gasteiger partial charge in [0.15, 0.2) is 0 Å². The van der Waals surface area contributed by atoms with Crippen molar-refractivity contribution in [2.24, 2.45) is 0 Å². The molecule has 0 amide bonds.